The van der Waals surface area contributed by atoms with Crippen LogP contribution in [0.1, 0.15) is 11.1 Å². The molecule has 0 saturated heterocycles. The SMILES string of the molecule is C=CCc1ccccc1OCCOc1ccc(Cl)cc1C=NNC(N)=S. The van der Waals surface area contributed by atoms with Gasteiger partial charge in [-0.15, -0.1) is 6.58 Å². The van der Waals surface area contributed by atoms with Gasteiger partial charge < -0.3 is 15.2 Å². The Morgan fingerprint density at radius 2 is 1.92 bits per heavy atom. The number of allylic oxidation sites excluding steroid dienone is 1. The van der Waals surface area contributed by atoms with Crippen LogP contribution < -0.4 is 20.6 Å². The summed E-state index contributed by atoms with van der Waals surface area (Å²) in [4.78, 5) is 0. The normalized spacial score (nSPS) is 10.5. The lowest BCUT2D eigenvalue weighted by molar-refractivity contribution is 0.216. The van der Waals surface area contributed by atoms with Crippen LogP contribution in [0, 0.1) is 0 Å². The second-order valence-electron chi connectivity index (χ2n) is 5.21. The highest BCUT2D eigenvalue weighted by molar-refractivity contribution is 7.80. The van der Waals surface area contributed by atoms with E-state index >= 15 is 0 Å². The maximum absolute atomic E-state index is 6.03. The van der Waals surface area contributed by atoms with E-state index in [1.165, 1.54) is 0 Å². The fraction of sp³-hybridized carbons (Fsp3) is 0.158. The standard InChI is InChI=1S/C19H20ClN3O2S/c1-2-5-14-6-3-4-7-17(14)24-10-11-25-18-9-8-16(20)12-15(18)13-22-23-19(21)26/h2-4,6-9,12-13H,1,5,10-11H2,(H3,21,23,26). The molecule has 0 amide bonds. The topological polar surface area (TPSA) is 68.9 Å². The van der Waals surface area contributed by atoms with E-state index in [4.69, 9.17) is 39.0 Å². The van der Waals surface area contributed by atoms with Crippen molar-refractivity contribution in [1.29, 1.82) is 0 Å². The second kappa shape index (κ2) is 10.4. The average Bonchev–Trinajstić information content (AvgIpc) is 2.61. The Kier molecular flexibility index (Phi) is 7.92. The van der Waals surface area contributed by atoms with Crippen LogP contribution in [0.2, 0.25) is 5.02 Å². The Balaban J connectivity index is 1.94. The molecule has 0 aliphatic carbocycles. The molecule has 0 aromatic heterocycles. The third-order valence-corrected chi connectivity index (χ3v) is 3.61. The maximum Gasteiger partial charge on any atom is 0.184 e. The highest BCUT2D eigenvalue weighted by Crippen LogP contribution is 2.22. The molecule has 0 heterocycles. The van der Waals surface area contributed by atoms with Crippen LogP contribution in [0.4, 0.5) is 0 Å². The molecule has 0 atom stereocenters. The number of hydrogen-bond acceptors (Lipinski definition) is 4. The van der Waals surface area contributed by atoms with Crippen LogP contribution in [0.15, 0.2) is 60.2 Å². The zero-order valence-electron chi connectivity index (χ0n) is 14.2. The quantitative estimate of drug-likeness (QED) is 0.225. The number of thiocarbonyl (C=S) groups is 1. The van der Waals surface area contributed by atoms with Gasteiger partial charge in [0.1, 0.15) is 24.7 Å². The lowest BCUT2D eigenvalue weighted by Gasteiger charge is -2.12. The van der Waals surface area contributed by atoms with Crippen molar-refractivity contribution in [3.05, 3.63) is 71.3 Å². The number of nitrogens with one attached hydrogen (secondary N) is 1. The molecule has 0 bridgehead atoms. The van der Waals surface area contributed by atoms with Gasteiger partial charge in [0.2, 0.25) is 0 Å². The van der Waals surface area contributed by atoms with E-state index in [2.05, 4.69) is 17.1 Å². The number of benzene rings is 2. The number of rotatable bonds is 9. The Morgan fingerprint density at radius 1 is 1.19 bits per heavy atom. The van der Waals surface area contributed by atoms with Crippen LogP contribution in [-0.4, -0.2) is 24.5 Å². The molecule has 0 aliphatic rings. The lowest BCUT2D eigenvalue weighted by atomic mass is 10.1. The van der Waals surface area contributed by atoms with Crippen molar-refractivity contribution in [3.63, 3.8) is 0 Å². The summed E-state index contributed by atoms with van der Waals surface area (Å²) in [6, 6.07) is 13.1. The largest absolute Gasteiger partial charge is 0.490 e. The van der Waals surface area contributed by atoms with Gasteiger partial charge in [0.05, 0.1) is 6.21 Å². The van der Waals surface area contributed by atoms with Gasteiger partial charge in [-0.25, -0.2) is 0 Å². The molecule has 0 spiro atoms. The monoisotopic (exact) mass is 389 g/mol. The number of para-hydroxylation sites is 1. The number of hydrogen-bond donors (Lipinski definition) is 2. The van der Waals surface area contributed by atoms with Gasteiger partial charge in [0.25, 0.3) is 0 Å². The van der Waals surface area contributed by atoms with Crippen molar-refractivity contribution in [2.45, 2.75) is 6.42 Å². The van der Waals surface area contributed by atoms with Crippen molar-refractivity contribution in [2.75, 3.05) is 13.2 Å². The van der Waals surface area contributed by atoms with E-state index < -0.39 is 0 Å². The first-order valence-corrected chi connectivity index (χ1v) is 8.71. The highest BCUT2D eigenvalue weighted by atomic mass is 35.5. The first kappa shape index (κ1) is 19.8. The Labute approximate surface area is 163 Å². The molecule has 0 unspecified atom stereocenters. The summed E-state index contributed by atoms with van der Waals surface area (Å²) < 4.78 is 11.6. The first-order chi connectivity index (χ1) is 12.6. The van der Waals surface area contributed by atoms with Gasteiger partial charge in [0, 0.05) is 10.6 Å². The molecule has 2 aromatic carbocycles. The number of hydrazone groups is 1. The number of halogens is 1. The van der Waals surface area contributed by atoms with Crippen molar-refractivity contribution in [2.24, 2.45) is 10.8 Å². The van der Waals surface area contributed by atoms with Gasteiger partial charge in [-0.1, -0.05) is 35.9 Å². The molecule has 0 aliphatic heterocycles. The number of nitrogens with two attached hydrogens (primary N) is 1. The summed E-state index contributed by atoms with van der Waals surface area (Å²) in [6.07, 6.45) is 4.14. The van der Waals surface area contributed by atoms with Gasteiger partial charge in [-0.05, 0) is 48.5 Å². The minimum atomic E-state index is 0.0809. The Morgan fingerprint density at radius 3 is 2.65 bits per heavy atom. The van der Waals surface area contributed by atoms with E-state index in [1.807, 2.05) is 30.3 Å². The third kappa shape index (κ3) is 6.38. The molecule has 0 fully saturated rings. The molecular formula is C19H20ClN3O2S. The van der Waals surface area contributed by atoms with Crippen LogP contribution in [0.5, 0.6) is 11.5 Å². The van der Waals surface area contributed by atoms with E-state index in [-0.39, 0.29) is 5.11 Å². The predicted molar refractivity (Wildman–Crippen MR) is 110 cm³/mol. The smallest absolute Gasteiger partial charge is 0.184 e. The molecule has 2 rings (SSSR count). The van der Waals surface area contributed by atoms with Gasteiger partial charge in [0.15, 0.2) is 5.11 Å². The van der Waals surface area contributed by atoms with Crippen LogP contribution in [0.25, 0.3) is 0 Å². The maximum atomic E-state index is 6.03. The summed E-state index contributed by atoms with van der Waals surface area (Å²) in [7, 11) is 0. The van der Waals surface area contributed by atoms with E-state index in [0.717, 1.165) is 17.7 Å². The van der Waals surface area contributed by atoms with E-state index in [9.17, 15) is 0 Å². The molecular weight excluding hydrogens is 370 g/mol. The highest BCUT2D eigenvalue weighted by Gasteiger charge is 2.05. The Bertz CT molecular complexity index is 796. The molecule has 2 aromatic rings. The van der Waals surface area contributed by atoms with E-state index in [1.54, 1.807) is 24.4 Å². The van der Waals surface area contributed by atoms with Crippen LogP contribution >= 0.6 is 23.8 Å². The minimum absolute atomic E-state index is 0.0809. The average molecular weight is 390 g/mol. The van der Waals surface area contributed by atoms with Crippen LogP contribution in [-0.2, 0) is 6.42 Å². The summed E-state index contributed by atoms with van der Waals surface area (Å²) in [6.45, 7) is 4.53. The van der Waals surface area contributed by atoms with Gasteiger partial charge in [-0.2, -0.15) is 5.10 Å². The number of nitrogens with zero attached hydrogens (tertiary/aromatic N) is 1. The molecule has 0 saturated carbocycles. The zero-order valence-corrected chi connectivity index (χ0v) is 15.7. The second-order valence-corrected chi connectivity index (χ2v) is 6.09. The van der Waals surface area contributed by atoms with Gasteiger partial charge in [-0.3, -0.25) is 5.43 Å². The van der Waals surface area contributed by atoms with Crippen molar-refractivity contribution < 1.29 is 9.47 Å². The molecule has 136 valence electrons. The zero-order chi connectivity index (χ0) is 18.8. The molecule has 3 N–H and O–H groups in total. The summed E-state index contributed by atoms with van der Waals surface area (Å²) in [5.41, 5.74) is 9.62. The number of ether oxygens (including phenoxy) is 2. The minimum Gasteiger partial charge on any atom is -0.490 e. The van der Waals surface area contributed by atoms with Crippen molar-refractivity contribution in [1.82, 2.24) is 5.43 Å². The fourth-order valence-electron chi connectivity index (χ4n) is 2.19. The predicted octanol–water partition coefficient (Wildman–Crippen LogP) is 3.69. The van der Waals surface area contributed by atoms with Crippen molar-refractivity contribution in [3.8, 4) is 11.5 Å². The fourth-order valence-corrected chi connectivity index (χ4v) is 2.42. The van der Waals surface area contributed by atoms with Crippen LogP contribution in [0.3, 0.4) is 0 Å². The molecule has 7 heteroatoms. The van der Waals surface area contributed by atoms with Gasteiger partial charge >= 0.3 is 0 Å². The van der Waals surface area contributed by atoms with E-state index in [0.29, 0.717) is 29.5 Å². The Hall–Kier alpha value is -2.57. The lowest BCUT2D eigenvalue weighted by Crippen LogP contribution is -2.24. The summed E-state index contributed by atoms with van der Waals surface area (Å²) in [5, 5.41) is 4.58. The first-order valence-electron chi connectivity index (χ1n) is 7.92. The molecule has 26 heavy (non-hydrogen) atoms. The molecule has 5 nitrogen and oxygen atoms in total. The summed E-state index contributed by atoms with van der Waals surface area (Å²) >= 11 is 10.7. The third-order valence-electron chi connectivity index (χ3n) is 3.29. The van der Waals surface area contributed by atoms with Crippen molar-refractivity contribution >= 4 is 35.1 Å². The molecule has 0 radical (unpaired) electrons. The summed E-state index contributed by atoms with van der Waals surface area (Å²) in [5.74, 6) is 1.46.